The van der Waals surface area contributed by atoms with Gasteiger partial charge in [-0.15, -0.1) is 11.8 Å². The van der Waals surface area contributed by atoms with Gasteiger partial charge in [0.25, 0.3) is 0 Å². The van der Waals surface area contributed by atoms with Gasteiger partial charge in [0.15, 0.2) is 5.13 Å². The van der Waals surface area contributed by atoms with Gasteiger partial charge in [0.05, 0.1) is 28.6 Å². The maximum absolute atomic E-state index is 13.2. The zero-order chi connectivity index (χ0) is 19.3. The second kappa shape index (κ2) is 9.07. The first-order valence-electron chi connectivity index (χ1n) is 9.73. The summed E-state index contributed by atoms with van der Waals surface area (Å²) in [6, 6.07) is 16.3. The number of nitrogens with zero attached hydrogens (tertiary/aromatic N) is 2. The van der Waals surface area contributed by atoms with Gasteiger partial charge in [-0.05, 0) is 43.0 Å². The number of hydrogen-bond acceptors (Lipinski definition) is 5. The highest BCUT2D eigenvalue weighted by Crippen LogP contribution is 2.32. The lowest BCUT2D eigenvalue weighted by Gasteiger charge is -2.23. The molecule has 0 radical (unpaired) electrons. The van der Waals surface area contributed by atoms with Crippen molar-refractivity contribution < 1.29 is 9.53 Å². The number of hydrogen-bond donors (Lipinski definition) is 0. The number of amides is 1. The molecule has 1 aliphatic heterocycles. The molecule has 28 heavy (non-hydrogen) atoms. The molecule has 1 unspecified atom stereocenters. The fraction of sp³-hybridized carbons (Fsp3) is 0.364. The number of aryl methyl sites for hydroxylation is 1. The molecule has 4 rings (SSSR count). The molecule has 1 saturated heterocycles. The molecular formula is C22H24N2O2S2. The predicted molar refractivity (Wildman–Crippen MR) is 117 cm³/mol. The van der Waals surface area contributed by atoms with Crippen molar-refractivity contribution >= 4 is 44.4 Å². The summed E-state index contributed by atoms with van der Waals surface area (Å²) in [7, 11) is 0. The van der Waals surface area contributed by atoms with Crippen molar-refractivity contribution in [2.75, 3.05) is 23.8 Å². The van der Waals surface area contributed by atoms with Gasteiger partial charge in [-0.25, -0.2) is 4.98 Å². The van der Waals surface area contributed by atoms with Crippen LogP contribution in [0.5, 0.6) is 0 Å². The number of ether oxygens (including phenoxy) is 1. The third-order valence-corrected chi connectivity index (χ3v) is 6.96. The minimum absolute atomic E-state index is 0.0847. The summed E-state index contributed by atoms with van der Waals surface area (Å²) in [5.41, 5.74) is 2.24. The van der Waals surface area contributed by atoms with Gasteiger partial charge in [-0.1, -0.05) is 48.6 Å². The lowest BCUT2D eigenvalue weighted by Crippen LogP contribution is -2.38. The molecule has 146 valence electrons. The molecule has 0 saturated carbocycles. The van der Waals surface area contributed by atoms with Crippen LogP contribution < -0.4 is 4.90 Å². The lowest BCUT2D eigenvalue weighted by atomic mass is 10.1. The van der Waals surface area contributed by atoms with Gasteiger partial charge >= 0.3 is 0 Å². The number of carbonyl (C=O) groups is 1. The van der Waals surface area contributed by atoms with Crippen LogP contribution in [0.25, 0.3) is 10.2 Å². The van der Waals surface area contributed by atoms with Gasteiger partial charge in [-0.2, -0.15) is 0 Å². The maximum atomic E-state index is 13.2. The summed E-state index contributed by atoms with van der Waals surface area (Å²) in [6.45, 7) is 3.50. The first-order valence-corrected chi connectivity index (χ1v) is 11.5. The Bertz CT molecular complexity index is 936. The summed E-state index contributed by atoms with van der Waals surface area (Å²) in [5, 5.41) is 0.782. The highest BCUT2D eigenvalue weighted by molar-refractivity contribution is 8.00. The van der Waals surface area contributed by atoms with Gasteiger partial charge < -0.3 is 4.74 Å². The van der Waals surface area contributed by atoms with E-state index in [2.05, 4.69) is 25.1 Å². The minimum atomic E-state index is 0.0847. The highest BCUT2D eigenvalue weighted by atomic mass is 32.2. The number of aromatic nitrogens is 1. The van der Waals surface area contributed by atoms with Crippen molar-refractivity contribution in [3.63, 3.8) is 0 Å². The van der Waals surface area contributed by atoms with Gasteiger partial charge in [0, 0.05) is 11.5 Å². The van der Waals surface area contributed by atoms with Crippen LogP contribution in [0.2, 0.25) is 0 Å². The molecule has 4 nitrogen and oxygen atoms in total. The Labute approximate surface area is 173 Å². The SMILES string of the molecule is CCc1cccc2sc(N(CC3CCCO3)C(=O)CSc3ccccc3)nc12. The summed E-state index contributed by atoms with van der Waals surface area (Å²) >= 11 is 3.17. The Morgan fingerprint density at radius 1 is 1.25 bits per heavy atom. The lowest BCUT2D eigenvalue weighted by molar-refractivity contribution is -0.116. The predicted octanol–water partition coefficient (Wildman–Crippen LogP) is 5.16. The van der Waals surface area contributed by atoms with E-state index in [4.69, 9.17) is 9.72 Å². The molecular weight excluding hydrogens is 388 g/mol. The zero-order valence-corrected chi connectivity index (χ0v) is 17.6. The van der Waals surface area contributed by atoms with Crippen molar-refractivity contribution in [3.05, 3.63) is 54.1 Å². The van der Waals surface area contributed by atoms with E-state index in [9.17, 15) is 4.79 Å². The van der Waals surface area contributed by atoms with E-state index < -0.39 is 0 Å². The second-order valence-corrected chi connectivity index (χ2v) is 8.91. The number of carbonyl (C=O) groups excluding carboxylic acids is 1. The average molecular weight is 413 g/mol. The normalized spacial score (nSPS) is 16.5. The molecule has 0 aliphatic carbocycles. The Morgan fingerprint density at radius 3 is 2.86 bits per heavy atom. The first kappa shape index (κ1) is 19.4. The summed E-state index contributed by atoms with van der Waals surface area (Å²) < 4.78 is 6.95. The van der Waals surface area contributed by atoms with Crippen LogP contribution >= 0.6 is 23.1 Å². The van der Waals surface area contributed by atoms with Crippen LogP contribution in [0.4, 0.5) is 5.13 Å². The molecule has 1 fully saturated rings. The Balaban J connectivity index is 1.58. The fourth-order valence-corrected chi connectivity index (χ4v) is 5.25. The second-order valence-electron chi connectivity index (χ2n) is 6.85. The van der Waals surface area contributed by atoms with Crippen LogP contribution in [0.15, 0.2) is 53.4 Å². The number of para-hydroxylation sites is 1. The Hall–Kier alpha value is -1.89. The molecule has 1 aliphatic rings. The maximum Gasteiger partial charge on any atom is 0.239 e. The number of rotatable bonds is 7. The van der Waals surface area contributed by atoms with Crippen LogP contribution in [-0.4, -0.2) is 35.9 Å². The largest absolute Gasteiger partial charge is 0.376 e. The molecule has 0 bridgehead atoms. The minimum Gasteiger partial charge on any atom is -0.376 e. The fourth-order valence-electron chi connectivity index (χ4n) is 3.41. The Kier molecular flexibility index (Phi) is 6.29. The average Bonchev–Trinajstić information content (AvgIpc) is 3.40. The third kappa shape index (κ3) is 4.40. The first-order chi connectivity index (χ1) is 13.7. The van der Waals surface area contributed by atoms with Gasteiger partial charge in [0.2, 0.25) is 5.91 Å². The van der Waals surface area contributed by atoms with E-state index >= 15 is 0 Å². The van der Waals surface area contributed by atoms with Crippen LogP contribution in [0.1, 0.15) is 25.3 Å². The third-order valence-electron chi connectivity index (χ3n) is 4.92. The molecule has 2 aromatic carbocycles. The van der Waals surface area contributed by atoms with Crippen molar-refractivity contribution in [1.82, 2.24) is 4.98 Å². The summed E-state index contributed by atoms with van der Waals surface area (Å²) in [4.78, 5) is 21.0. The van der Waals surface area contributed by atoms with Gasteiger partial charge in [0.1, 0.15) is 0 Å². The van der Waals surface area contributed by atoms with E-state index in [1.54, 1.807) is 23.1 Å². The smallest absolute Gasteiger partial charge is 0.239 e. The standard InChI is InChI=1S/C22H24N2O2S2/c1-2-16-8-6-12-19-21(16)23-22(28-19)24(14-17-9-7-13-26-17)20(25)15-27-18-10-4-3-5-11-18/h3-6,8,10-12,17H,2,7,9,13-15H2,1H3. The van der Waals surface area contributed by atoms with E-state index in [0.717, 1.165) is 46.1 Å². The topological polar surface area (TPSA) is 42.4 Å². The number of thiazole rings is 1. The van der Waals surface area contributed by atoms with Crippen molar-refractivity contribution in [3.8, 4) is 0 Å². The van der Waals surface area contributed by atoms with Crippen molar-refractivity contribution in [2.24, 2.45) is 0 Å². The highest BCUT2D eigenvalue weighted by Gasteiger charge is 2.26. The number of fused-ring (bicyclic) bond motifs is 1. The monoisotopic (exact) mass is 412 g/mol. The van der Waals surface area contributed by atoms with Crippen LogP contribution in [0, 0.1) is 0 Å². The van der Waals surface area contributed by atoms with Crippen LogP contribution in [-0.2, 0) is 16.0 Å². The summed E-state index contributed by atoms with van der Waals surface area (Å²) in [6.07, 6.45) is 3.10. The number of thioether (sulfide) groups is 1. The van der Waals surface area contributed by atoms with Crippen molar-refractivity contribution in [1.29, 1.82) is 0 Å². The number of anilines is 1. The molecule has 1 amide bonds. The van der Waals surface area contributed by atoms with Gasteiger partial charge in [-0.3, -0.25) is 9.69 Å². The Morgan fingerprint density at radius 2 is 2.11 bits per heavy atom. The van der Waals surface area contributed by atoms with E-state index in [-0.39, 0.29) is 12.0 Å². The molecule has 0 N–H and O–H groups in total. The van der Waals surface area contributed by atoms with E-state index in [1.165, 1.54) is 5.56 Å². The molecule has 6 heteroatoms. The molecule has 0 spiro atoms. The van der Waals surface area contributed by atoms with E-state index in [0.29, 0.717) is 12.3 Å². The van der Waals surface area contributed by atoms with E-state index in [1.807, 2.05) is 35.2 Å². The molecule has 1 aromatic heterocycles. The molecule has 2 heterocycles. The summed E-state index contributed by atoms with van der Waals surface area (Å²) in [5.74, 6) is 0.481. The zero-order valence-electron chi connectivity index (χ0n) is 16.0. The number of benzene rings is 2. The van der Waals surface area contributed by atoms with Crippen molar-refractivity contribution in [2.45, 2.75) is 37.2 Å². The molecule has 1 atom stereocenters. The molecule has 3 aromatic rings. The quantitative estimate of drug-likeness (QED) is 0.503. The van der Waals surface area contributed by atoms with Crippen LogP contribution in [0.3, 0.4) is 0 Å².